The van der Waals surface area contributed by atoms with E-state index in [0.29, 0.717) is 12.2 Å². The summed E-state index contributed by atoms with van der Waals surface area (Å²) in [6.45, 7) is 9.02. The van der Waals surface area contributed by atoms with Crippen molar-refractivity contribution in [2.75, 3.05) is 30.7 Å². The Hall–Kier alpha value is -1.55. The number of carbonyl (C=O) groups excluding carboxylic acids is 1. The van der Waals surface area contributed by atoms with Crippen molar-refractivity contribution < 1.29 is 4.79 Å². The predicted molar refractivity (Wildman–Crippen MR) is 88.2 cm³/mol. The lowest BCUT2D eigenvalue weighted by Crippen LogP contribution is -2.40. The van der Waals surface area contributed by atoms with Gasteiger partial charge < -0.3 is 11.1 Å². The van der Waals surface area contributed by atoms with Gasteiger partial charge in [-0.2, -0.15) is 0 Å². The molecular formula is C17H27N3O. The molecule has 1 fully saturated rings. The van der Waals surface area contributed by atoms with Crippen LogP contribution in [0.3, 0.4) is 0 Å². The third-order valence-corrected chi connectivity index (χ3v) is 4.59. The van der Waals surface area contributed by atoms with Gasteiger partial charge in [-0.1, -0.05) is 19.9 Å². The standard InChI is InChI=1S/C17H27N3O/c1-12(2)14-7-9-20(10-8-14)11-17(21)19-16-6-4-5-15(18)13(16)3/h4-6,12,14H,7-11,18H2,1-3H3,(H,19,21). The lowest BCUT2D eigenvalue weighted by Gasteiger charge is -2.33. The maximum absolute atomic E-state index is 12.2. The SMILES string of the molecule is Cc1c(N)cccc1NC(=O)CN1CCC(C(C)C)CC1. The Bertz CT molecular complexity index is 491. The molecule has 0 saturated carbocycles. The number of nitrogen functional groups attached to an aromatic ring is 1. The minimum absolute atomic E-state index is 0.0479. The first-order valence-corrected chi connectivity index (χ1v) is 7.84. The Labute approximate surface area is 127 Å². The quantitative estimate of drug-likeness (QED) is 0.838. The summed E-state index contributed by atoms with van der Waals surface area (Å²) in [5.41, 5.74) is 8.33. The normalized spacial score (nSPS) is 17.1. The van der Waals surface area contributed by atoms with Crippen LogP contribution in [0.2, 0.25) is 0 Å². The minimum atomic E-state index is 0.0479. The molecular weight excluding hydrogens is 262 g/mol. The number of amides is 1. The summed E-state index contributed by atoms with van der Waals surface area (Å²) in [7, 11) is 0. The largest absolute Gasteiger partial charge is 0.398 e. The first-order valence-electron chi connectivity index (χ1n) is 7.84. The number of benzene rings is 1. The number of piperidine rings is 1. The number of nitrogens with one attached hydrogen (secondary N) is 1. The lowest BCUT2D eigenvalue weighted by molar-refractivity contribution is -0.117. The molecule has 1 aromatic rings. The lowest BCUT2D eigenvalue weighted by atomic mass is 9.87. The summed E-state index contributed by atoms with van der Waals surface area (Å²) >= 11 is 0. The summed E-state index contributed by atoms with van der Waals surface area (Å²) in [6.07, 6.45) is 2.39. The number of likely N-dealkylation sites (tertiary alicyclic amines) is 1. The van der Waals surface area contributed by atoms with Gasteiger partial charge in [0.05, 0.1) is 6.54 Å². The summed E-state index contributed by atoms with van der Waals surface area (Å²) in [6, 6.07) is 5.61. The van der Waals surface area contributed by atoms with Crippen LogP contribution in [0, 0.1) is 18.8 Å². The fourth-order valence-electron chi connectivity index (χ4n) is 2.96. The highest BCUT2D eigenvalue weighted by Crippen LogP contribution is 2.24. The van der Waals surface area contributed by atoms with E-state index < -0.39 is 0 Å². The van der Waals surface area contributed by atoms with Crippen molar-refractivity contribution in [3.05, 3.63) is 23.8 Å². The van der Waals surface area contributed by atoms with Crippen LogP contribution in [0.15, 0.2) is 18.2 Å². The maximum atomic E-state index is 12.2. The summed E-state index contributed by atoms with van der Waals surface area (Å²) < 4.78 is 0. The van der Waals surface area contributed by atoms with E-state index in [-0.39, 0.29) is 5.91 Å². The van der Waals surface area contributed by atoms with Crippen LogP contribution in [-0.2, 0) is 4.79 Å². The molecule has 2 rings (SSSR count). The van der Waals surface area contributed by atoms with Crippen molar-refractivity contribution in [3.63, 3.8) is 0 Å². The van der Waals surface area contributed by atoms with Crippen LogP contribution in [0.5, 0.6) is 0 Å². The highest BCUT2D eigenvalue weighted by Gasteiger charge is 2.22. The van der Waals surface area contributed by atoms with Crippen molar-refractivity contribution in [2.45, 2.75) is 33.6 Å². The highest BCUT2D eigenvalue weighted by atomic mass is 16.2. The summed E-state index contributed by atoms with van der Waals surface area (Å²) in [4.78, 5) is 14.4. The fraction of sp³-hybridized carbons (Fsp3) is 0.588. The molecule has 0 bridgehead atoms. The molecule has 0 atom stereocenters. The molecule has 0 aliphatic carbocycles. The van der Waals surface area contributed by atoms with Crippen molar-refractivity contribution >= 4 is 17.3 Å². The third-order valence-electron chi connectivity index (χ3n) is 4.59. The smallest absolute Gasteiger partial charge is 0.238 e. The average Bonchev–Trinajstić information content (AvgIpc) is 2.44. The monoisotopic (exact) mass is 289 g/mol. The van der Waals surface area contributed by atoms with Crippen LogP contribution < -0.4 is 11.1 Å². The van der Waals surface area contributed by atoms with Crippen molar-refractivity contribution in [1.29, 1.82) is 0 Å². The Balaban J connectivity index is 1.84. The van der Waals surface area contributed by atoms with Gasteiger partial charge in [-0.05, 0) is 62.4 Å². The minimum Gasteiger partial charge on any atom is -0.398 e. The van der Waals surface area contributed by atoms with Gasteiger partial charge in [-0.25, -0.2) is 0 Å². The van der Waals surface area contributed by atoms with Crippen molar-refractivity contribution in [3.8, 4) is 0 Å². The van der Waals surface area contributed by atoms with Crippen LogP contribution >= 0.6 is 0 Å². The van der Waals surface area contributed by atoms with Gasteiger partial charge in [-0.3, -0.25) is 9.69 Å². The van der Waals surface area contributed by atoms with Gasteiger partial charge >= 0.3 is 0 Å². The van der Waals surface area contributed by atoms with Crippen molar-refractivity contribution in [1.82, 2.24) is 4.90 Å². The van der Waals surface area contributed by atoms with Gasteiger partial charge in [0, 0.05) is 11.4 Å². The first kappa shape index (κ1) is 15.8. The molecule has 1 aliphatic rings. The molecule has 0 unspecified atom stereocenters. The van der Waals surface area contributed by atoms with Crippen molar-refractivity contribution in [2.24, 2.45) is 11.8 Å². The molecule has 1 amide bonds. The fourth-order valence-corrected chi connectivity index (χ4v) is 2.96. The van der Waals surface area contributed by atoms with E-state index in [1.165, 1.54) is 12.8 Å². The first-order chi connectivity index (χ1) is 9.97. The molecule has 1 heterocycles. The zero-order chi connectivity index (χ0) is 15.4. The predicted octanol–water partition coefficient (Wildman–Crippen LogP) is 2.88. The van der Waals surface area contributed by atoms with E-state index in [2.05, 4.69) is 24.1 Å². The average molecular weight is 289 g/mol. The van der Waals surface area contributed by atoms with Gasteiger partial charge in [0.25, 0.3) is 0 Å². The molecule has 1 aliphatic heterocycles. The zero-order valence-electron chi connectivity index (χ0n) is 13.4. The second-order valence-corrected chi connectivity index (χ2v) is 6.43. The van der Waals surface area contributed by atoms with E-state index in [4.69, 9.17) is 5.73 Å². The number of hydrogen-bond donors (Lipinski definition) is 2. The van der Waals surface area contributed by atoms with E-state index >= 15 is 0 Å². The zero-order valence-corrected chi connectivity index (χ0v) is 13.4. The van der Waals surface area contributed by atoms with Gasteiger partial charge in [0.15, 0.2) is 0 Å². The molecule has 21 heavy (non-hydrogen) atoms. The molecule has 4 nitrogen and oxygen atoms in total. The molecule has 4 heteroatoms. The molecule has 0 radical (unpaired) electrons. The molecule has 1 saturated heterocycles. The second-order valence-electron chi connectivity index (χ2n) is 6.43. The number of nitrogens with two attached hydrogens (primary N) is 1. The number of anilines is 2. The third kappa shape index (κ3) is 4.21. The molecule has 0 spiro atoms. The second kappa shape index (κ2) is 6.94. The number of carbonyl (C=O) groups is 1. The Morgan fingerprint density at radius 2 is 2.05 bits per heavy atom. The Kier molecular flexibility index (Phi) is 5.23. The van der Waals surface area contributed by atoms with E-state index in [1.807, 2.05) is 25.1 Å². The van der Waals surface area contributed by atoms with Gasteiger partial charge in [0.2, 0.25) is 5.91 Å². The van der Waals surface area contributed by atoms with Crippen LogP contribution in [-0.4, -0.2) is 30.4 Å². The molecule has 3 N–H and O–H groups in total. The number of hydrogen-bond acceptors (Lipinski definition) is 3. The highest BCUT2D eigenvalue weighted by molar-refractivity contribution is 5.93. The summed E-state index contributed by atoms with van der Waals surface area (Å²) in [5.74, 6) is 1.60. The van der Waals surface area contributed by atoms with E-state index in [0.717, 1.165) is 36.2 Å². The summed E-state index contributed by atoms with van der Waals surface area (Å²) in [5, 5.41) is 2.97. The number of nitrogens with zero attached hydrogens (tertiary/aromatic N) is 1. The molecule has 1 aromatic carbocycles. The van der Waals surface area contributed by atoms with Gasteiger partial charge in [-0.15, -0.1) is 0 Å². The molecule has 116 valence electrons. The van der Waals surface area contributed by atoms with Crippen LogP contribution in [0.25, 0.3) is 0 Å². The number of rotatable bonds is 4. The Morgan fingerprint density at radius 3 is 2.67 bits per heavy atom. The van der Waals surface area contributed by atoms with Gasteiger partial charge in [0.1, 0.15) is 0 Å². The van der Waals surface area contributed by atoms with Crippen LogP contribution in [0.4, 0.5) is 11.4 Å². The van der Waals surface area contributed by atoms with Crippen LogP contribution in [0.1, 0.15) is 32.3 Å². The van der Waals surface area contributed by atoms with E-state index in [9.17, 15) is 4.79 Å². The van der Waals surface area contributed by atoms with E-state index in [1.54, 1.807) is 0 Å². The Morgan fingerprint density at radius 1 is 1.38 bits per heavy atom. The topological polar surface area (TPSA) is 58.4 Å². The maximum Gasteiger partial charge on any atom is 0.238 e. The molecule has 0 aromatic heterocycles.